The Morgan fingerprint density at radius 3 is 2.52 bits per heavy atom. The molecule has 25 heavy (non-hydrogen) atoms. The number of methoxy groups -OCH3 is 1. The van der Waals surface area contributed by atoms with Gasteiger partial charge in [-0.25, -0.2) is 0 Å². The molecule has 1 aliphatic rings. The molecule has 136 valence electrons. The van der Waals surface area contributed by atoms with Crippen LogP contribution < -0.4 is 10.1 Å². The van der Waals surface area contributed by atoms with E-state index < -0.39 is 0 Å². The Kier molecular flexibility index (Phi) is 6.25. The fourth-order valence-corrected chi connectivity index (χ4v) is 2.98. The van der Waals surface area contributed by atoms with Crippen molar-refractivity contribution in [2.45, 2.75) is 13.3 Å². The van der Waals surface area contributed by atoms with Gasteiger partial charge in [-0.2, -0.15) is 4.98 Å². The summed E-state index contributed by atoms with van der Waals surface area (Å²) in [7, 11) is 1.65. The minimum atomic E-state index is 0.474. The Balaban J connectivity index is 1.40. The van der Waals surface area contributed by atoms with Gasteiger partial charge in [0.25, 0.3) is 0 Å². The van der Waals surface area contributed by atoms with Gasteiger partial charge in [-0.1, -0.05) is 12.1 Å². The number of rotatable bonds is 8. The quantitative estimate of drug-likeness (QED) is 0.736. The average molecular weight is 345 g/mol. The van der Waals surface area contributed by atoms with Crippen LogP contribution in [0.1, 0.15) is 13.3 Å². The van der Waals surface area contributed by atoms with E-state index >= 15 is 0 Å². The van der Waals surface area contributed by atoms with Gasteiger partial charge in [0.1, 0.15) is 5.75 Å². The predicted molar refractivity (Wildman–Crippen MR) is 97.9 cm³/mol. The van der Waals surface area contributed by atoms with E-state index in [1.165, 1.54) is 13.1 Å². The van der Waals surface area contributed by atoms with Crippen molar-refractivity contribution in [2.24, 2.45) is 0 Å². The second-order valence-electron chi connectivity index (χ2n) is 6.21. The van der Waals surface area contributed by atoms with E-state index in [2.05, 4.69) is 32.2 Å². The van der Waals surface area contributed by atoms with Crippen LogP contribution in [0.25, 0.3) is 11.4 Å². The minimum absolute atomic E-state index is 0.474. The molecule has 1 aliphatic heterocycles. The van der Waals surface area contributed by atoms with Gasteiger partial charge in [0, 0.05) is 38.3 Å². The van der Waals surface area contributed by atoms with Crippen LogP contribution in [0, 0.1) is 0 Å². The van der Waals surface area contributed by atoms with Crippen LogP contribution >= 0.6 is 0 Å². The molecule has 0 atom stereocenters. The number of benzene rings is 1. The third kappa shape index (κ3) is 4.93. The highest BCUT2D eigenvalue weighted by molar-refractivity contribution is 5.56. The van der Waals surface area contributed by atoms with Crippen molar-refractivity contribution in [3.63, 3.8) is 0 Å². The van der Waals surface area contributed by atoms with Crippen LogP contribution in [0.4, 0.5) is 6.01 Å². The molecule has 1 saturated heterocycles. The first kappa shape index (κ1) is 17.7. The SMILES string of the molecule is CCN1CCN(CCCNc2nc(-c3ccc(OC)cc3)no2)CC1. The zero-order valence-electron chi connectivity index (χ0n) is 15.1. The molecule has 0 radical (unpaired) electrons. The maximum absolute atomic E-state index is 5.27. The van der Waals surface area contributed by atoms with E-state index in [0.29, 0.717) is 11.8 Å². The molecule has 1 aromatic heterocycles. The zero-order chi connectivity index (χ0) is 17.5. The summed E-state index contributed by atoms with van der Waals surface area (Å²) in [5.41, 5.74) is 0.909. The number of nitrogens with zero attached hydrogens (tertiary/aromatic N) is 4. The van der Waals surface area contributed by atoms with Crippen LogP contribution in [-0.2, 0) is 0 Å². The fourth-order valence-electron chi connectivity index (χ4n) is 2.98. The van der Waals surface area contributed by atoms with Gasteiger partial charge in [0.15, 0.2) is 0 Å². The normalized spacial score (nSPS) is 16.1. The first-order chi connectivity index (χ1) is 12.3. The number of hydrogen-bond donors (Lipinski definition) is 1. The van der Waals surface area contributed by atoms with E-state index in [0.717, 1.165) is 50.5 Å². The molecule has 1 N–H and O–H groups in total. The van der Waals surface area contributed by atoms with Crippen molar-refractivity contribution < 1.29 is 9.26 Å². The maximum atomic E-state index is 5.27. The first-order valence-electron chi connectivity index (χ1n) is 8.95. The summed E-state index contributed by atoms with van der Waals surface area (Å²) in [5.74, 6) is 1.39. The Morgan fingerprint density at radius 2 is 1.84 bits per heavy atom. The van der Waals surface area contributed by atoms with Gasteiger partial charge in [0.05, 0.1) is 7.11 Å². The summed E-state index contributed by atoms with van der Waals surface area (Å²) in [6.07, 6.45) is 1.06. The van der Waals surface area contributed by atoms with E-state index in [4.69, 9.17) is 9.26 Å². The smallest absolute Gasteiger partial charge is 0.321 e. The molecule has 1 aromatic carbocycles. The molecular formula is C18H27N5O2. The van der Waals surface area contributed by atoms with Crippen molar-refractivity contribution in [3.05, 3.63) is 24.3 Å². The second kappa shape index (κ2) is 8.82. The predicted octanol–water partition coefficient (Wildman–Crippen LogP) is 2.18. The number of likely N-dealkylation sites (N-methyl/N-ethyl adjacent to an activating group) is 1. The van der Waals surface area contributed by atoms with Crippen LogP contribution in [-0.4, -0.2) is 72.9 Å². The molecule has 3 rings (SSSR count). The third-order valence-corrected chi connectivity index (χ3v) is 4.61. The summed E-state index contributed by atoms with van der Waals surface area (Å²) < 4.78 is 10.4. The minimum Gasteiger partial charge on any atom is -0.497 e. The summed E-state index contributed by atoms with van der Waals surface area (Å²) in [6, 6.07) is 8.09. The van der Waals surface area contributed by atoms with Crippen molar-refractivity contribution >= 4 is 6.01 Å². The van der Waals surface area contributed by atoms with Crippen LogP contribution in [0.15, 0.2) is 28.8 Å². The zero-order valence-corrected chi connectivity index (χ0v) is 15.1. The Morgan fingerprint density at radius 1 is 1.12 bits per heavy atom. The van der Waals surface area contributed by atoms with Gasteiger partial charge in [0.2, 0.25) is 5.82 Å². The number of aromatic nitrogens is 2. The summed E-state index contributed by atoms with van der Waals surface area (Å²) in [6.45, 7) is 10.00. The Bertz CT molecular complexity index is 635. The standard InChI is InChI=1S/C18H27N5O2/c1-3-22-11-13-23(14-12-22)10-4-9-19-18-20-17(21-25-18)15-5-7-16(24-2)8-6-15/h5-8H,3-4,9-14H2,1-2H3,(H,19,20,21). The van der Waals surface area contributed by atoms with Crippen LogP contribution in [0.5, 0.6) is 5.75 Å². The van der Waals surface area contributed by atoms with Gasteiger partial charge in [-0.3, -0.25) is 0 Å². The van der Waals surface area contributed by atoms with Gasteiger partial charge in [-0.05, 0) is 43.8 Å². The van der Waals surface area contributed by atoms with E-state index in [9.17, 15) is 0 Å². The summed E-state index contributed by atoms with van der Waals surface area (Å²) >= 11 is 0. The van der Waals surface area contributed by atoms with Gasteiger partial charge >= 0.3 is 6.01 Å². The lowest BCUT2D eigenvalue weighted by Gasteiger charge is -2.33. The molecular weight excluding hydrogens is 318 g/mol. The number of nitrogens with one attached hydrogen (secondary N) is 1. The lowest BCUT2D eigenvalue weighted by molar-refractivity contribution is 0.137. The molecule has 0 unspecified atom stereocenters. The van der Waals surface area contributed by atoms with Gasteiger partial charge < -0.3 is 24.4 Å². The summed E-state index contributed by atoms with van der Waals surface area (Å²) in [4.78, 5) is 9.40. The first-order valence-corrected chi connectivity index (χ1v) is 8.95. The molecule has 0 bridgehead atoms. The maximum Gasteiger partial charge on any atom is 0.321 e. The number of anilines is 1. The molecule has 2 heterocycles. The van der Waals surface area contributed by atoms with Crippen molar-refractivity contribution in [1.82, 2.24) is 19.9 Å². The molecule has 0 amide bonds. The van der Waals surface area contributed by atoms with E-state index in [1.807, 2.05) is 24.3 Å². The molecule has 2 aromatic rings. The largest absolute Gasteiger partial charge is 0.497 e. The topological polar surface area (TPSA) is 66.7 Å². The Hall–Kier alpha value is -2.12. The highest BCUT2D eigenvalue weighted by Gasteiger charge is 2.14. The number of hydrogen-bond acceptors (Lipinski definition) is 7. The second-order valence-corrected chi connectivity index (χ2v) is 6.21. The lowest BCUT2D eigenvalue weighted by atomic mass is 10.2. The monoisotopic (exact) mass is 345 g/mol. The van der Waals surface area contributed by atoms with Crippen molar-refractivity contribution in [1.29, 1.82) is 0 Å². The molecule has 1 fully saturated rings. The lowest BCUT2D eigenvalue weighted by Crippen LogP contribution is -2.46. The average Bonchev–Trinajstić information content (AvgIpc) is 3.15. The highest BCUT2D eigenvalue weighted by atomic mass is 16.5. The van der Waals surface area contributed by atoms with E-state index in [-0.39, 0.29) is 0 Å². The highest BCUT2D eigenvalue weighted by Crippen LogP contribution is 2.20. The molecule has 7 nitrogen and oxygen atoms in total. The molecule has 0 saturated carbocycles. The molecule has 0 aliphatic carbocycles. The summed E-state index contributed by atoms with van der Waals surface area (Å²) in [5, 5.41) is 7.24. The van der Waals surface area contributed by atoms with Crippen molar-refractivity contribution in [3.8, 4) is 17.1 Å². The fraction of sp³-hybridized carbons (Fsp3) is 0.556. The van der Waals surface area contributed by atoms with Crippen molar-refractivity contribution in [2.75, 3.05) is 58.2 Å². The number of ether oxygens (including phenoxy) is 1. The molecule has 7 heteroatoms. The van der Waals surface area contributed by atoms with Crippen LogP contribution in [0.3, 0.4) is 0 Å². The van der Waals surface area contributed by atoms with Gasteiger partial charge in [-0.15, -0.1) is 0 Å². The van der Waals surface area contributed by atoms with Crippen LogP contribution in [0.2, 0.25) is 0 Å². The third-order valence-electron chi connectivity index (χ3n) is 4.61. The van der Waals surface area contributed by atoms with E-state index in [1.54, 1.807) is 7.11 Å². The number of piperazine rings is 1. The Labute approximate surface area is 149 Å². The molecule has 0 spiro atoms.